The Hall–Kier alpha value is -2.44. The number of hydrogen-bond donors (Lipinski definition) is 9. The van der Waals surface area contributed by atoms with E-state index in [-0.39, 0.29) is 41.6 Å². The quantitative estimate of drug-likeness (QED) is 0.0247. The number of amides is 2. The van der Waals surface area contributed by atoms with Crippen molar-refractivity contribution in [1.29, 1.82) is 0 Å². The fourth-order valence-electron chi connectivity index (χ4n) is 8.06. The molecule has 1 aliphatic heterocycles. The molecular weight excluding hydrogens is 1020 g/mol. The Labute approximate surface area is 426 Å². The van der Waals surface area contributed by atoms with Crippen molar-refractivity contribution in [2.75, 3.05) is 37.8 Å². The van der Waals surface area contributed by atoms with Gasteiger partial charge in [-0.05, 0) is 12.3 Å². The number of rotatable bonds is 39. The molecule has 24 nitrogen and oxygen atoms in total. The number of thioether (sulfide) groups is 1. The maximum atomic E-state index is 12.8. The third-order valence-corrected chi connectivity index (χ3v) is 16.2. The number of carbonyl (C=O) groups is 3. The molecule has 28 heteroatoms. The number of nitrogens with one attached hydrogen (secondary N) is 2. The van der Waals surface area contributed by atoms with Crippen molar-refractivity contribution in [2.24, 2.45) is 11.3 Å². The van der Waals surface area contributed by atoms with Crippen molar-refractivity contribution >= 4 is 69.1 Å². The molecule has 2 aromatic rings. The number of ether oxygens (including phenoxy) is 1. The highest BCUT2D eigenvalue weighted by Crippen LogP contribution is 2.61. The molecule has 72 heavy (non-hydrogen) atoms. The number of imidazole rings is 1. The Morgan fingerprint density at radius 2 is 1.42 bits per heavy atom. The molecule has 1 saturated heterocycles. The van der Waals surface area contributed by atoms with Gasteiger partial charge < -0.3 is 50.9 Å². The summed E-state index contributed by atoms with van der Waals surface area (Å²) < 4.78 is 62.5. The second-order valence-corrected chi connectivity index (χ2v) is 24.4. The summed E-state index contributed by atoms with van der Waals surface area (Å²) in [5, 5.41) is 26.7. The second-order valence-electron chi connectivity index (χ2n) is 19.0. The molecule has 2 amide bonds. The van der Waals surface area contributed by atoms with Gasteiger partial charge >= 0.3 is 23.5 Å². The van der Waals surface area contributed by atoms with Gasteiger partial charge in [0.1, 0.15) is 36.3 Å². The lowest BCUT2D eigenvalue weighted by atomic mass is 9.87. The Morgan fingerprint density at radius 3 is 2.01 bits per heavy atom. The first kappa shape index (κ1) is 63.8. The predicted molar refractivity (Wildman–Crippen MR) is 270 cm³/mol. The van der Waals surface area contributed by atoms with Crippen molar-refractivity contribution < 1.29 is 80.5 Å². The SMILES string of the molecule is CCCC(C)CCCCCCCCCCCCCCCCCC(=O)SCCNC(=O)CCNC(=O)C(O)C(C)(C)COP(=O)(O)OP(=O)(O)OCC1OC(n2cnc3c(N)ncnc32)C(O)C1OP(=O)(O)O. The summed E-state index contributed by atoms with van der Waals surface area (Å²) in [6.07, 6.45) is 16.5. The van der Waals surface area contributed by atoms with Crippen LogP contribution in [0.3, 0.4) is 0 Å². The van der Waals surface area contributed by atoms with Crippen LogP contribution in [-0.2, 0) is 50.7 Å². The predicted octanol–water partition coefficient (Wildman–Crippen LogP) is 6.73. The van der Waals surface area contributed by atoms with Crippen LogP contribution in [-0.4, -0.2) is 123 Å². The summed E-state index contributed by atoms with van der Waals surface area (Å²) in [5.74, 6) is -0.134. The standard InChI is InChI=1S/C44H80N7O17P3S/c1-5-21-32(2)22-19-17-15-13-11-9-7-6-8-10-12-14-16-18-20-23-35(53)72-27-26-46-34(52)24-25-47-42(56)39(55)44(3,4)29-65-71(62,63)68-70(60,61)64-28-33-38(67-69(57,58)59)37(54)43(66-33)51-31-50-36-40(45)48-30-49-41(36)51/h30-33,37-39,43,54-55H,5-29H2,1-4H3,(H,46,52)(H,47,56)(H,60,61)(H,62,63)(H2,45,48,49)(H2,57,58,59). The smallest absolute Gasteiger partial charge is 0.386 e. The molecule has 8 unspecified atom stereocenters. The van der Waals surface area contributed by atoms with Crippen molar-refractivity contribution in [3.8, 4) is 0 Å². The van der Waals surface area contributed by atoms with Crippen molar-refractivity contribution in [1.82, 2.24) is 30.2 Å². The van der Waals surface area contributed by atoms with Gasteiger partial charge in [-0.1, -0.05) is 149 Å². The number of nitrogen functional groups attached to an aromatic ring is 1. The normalized spacial score (nSPS) is 20.0. The average molecular weight is 1100 g/mol. The van der Waals surface area contributed by atoms with Gasteiger partial charge in [0.15, 0.2) is 22.8 Å². The van der Waals surface area contributed by atoms with E-state index >= 15 is 0 Å². The van der Waals surface area contributed by atoms with Crippen LogP contribution >= 0.6 is 35.2 Å². The number of aliphatic hydroxyl groups is 2. The molecule has 8 atom stereocenters. The van der Waals surface area contributed by atoms with Crippen LogP contribution in [0.25, 0.3) is 11.2 Å². The second kappa shape index (κ2) is 32.2. The Morgan fingerprint density at radius 1 is 0.833 bits per heavy atom. The van der Waals surface area contributed by atoms with Crippen molar-refractivity contribution in [3.05, 3.63) is 12.7 Å². The number of nitrogens with two attached hydrogens (primary N) is 1. The zero-order chi connectivity index (χ0) is 53.4. The van der Waals surface area contributed by atoms with E-state index in [1.54, 1.807) is 0 Å². The minimum atomic E-state index is -5.58. The Bertz CT molecular complexity index is 2100. The van der Waals surface area contributed by atoms with Crippen LogP contribution in [0.4, 0.5) is 5.82 Å². The zero-order valence-electron chi connectivity index (χ0n) is 42.1. The molecule has 2 aromatic heterocycles. The monoisotopic (exact) mass is 1100 g/mol. The highest BCUT2D eigenvalue weighted by molar-refractivity contribution is 8.13. The van der Waals surface area contributed by atoms with Crippen LogP contribution in [0.1, 0.15) is 162 Å². The summed E-state index contributed by atoms with van der Waals surface area (Å²) in [5.41, 5.74) is 4.30. The molecule has 414 valence electrons. The molecule has 1 fully saturated rings. The lowest BCUT2D eigenvalue weighted by Gasteiger charge is -2.30. The maximum Gasteiger partial charge on any atom is 0.481 e. The van der Waals surface area contributed by atoms with Gasteiger partial charge in [-0.15, -0.1) is 0 Å². The Balaban J connectivity index is 1.24. The number of anilines is 1. The van der Waals surface area contributed by atoms with Gasteiger partial charge in [-0.3, -0.25) is 32.5 Å². The van der Waals surface area contributed by atoms with E-state index < -0.39 is 84.6 Å². The Kier molecular flexibility index (Phi) is 28.6. The van der Waals surface area contributed by atoms with Crippen LogP contribution in [0.15, 0.2) is 12.7 Å². The number of aliphatic hydroxyl groups excluding tert-OH is 2. The highest BCUT2D eigenvalue weighted by atomic mass is 32.2. The molecule has 10 N–H and O–H groups in total. The van der Waals surface area contributed by atoms with Crippen molar-refractivity contribution in [2.45, 2.75) is 187 Å². The molecule has 0 saturated carbocycles. The van der Waals surface area contributed by atoms with Gasteiger partial charge in [0.05, 0.1) is 19.5 Å². The number of nitrogens with zero attached hydrogens (tertiary/aromatic N) is 4. The summed E-state index contributed by atoms with van der Waals surface area (Å²) in [6.45, 7) is 5.23. The molecule has 3 rings (SSSR count). The third-order valence-electron chi connectivity index (χ3n) is 12.1. The van der Waals surface area contributed by atoms with E-state index in [4.69, 9.17) is 19.5 Å². The van der Waals surface area contributed by atoms with Gasteiger partial charge in [-0.2, -0.15) is 4.31 Å². The fraction of sp³-hybridized carbons (Fsp3) is 0.818. The van der Waals surface area contributed by atoms with Crippen LogP contribution in [0.2, 0.25) is 0 Å². The molecule has 0 aromatic carbocycles. The van der Waals surface area contributed by atoms with E-state index in [2.05, 4.69) is 48.3 Å². The number of carbonyl (C=O) groups excluding carboxylic acids is 3. The lowest BCUT2D eigenvalue weighted by Crippen LogP contribution is -2.46. The zero-order valence-corrected chi connectivity index (χ0v) is 45.6. The maximum absolute atomic E-state index is 12.8. The van der Waals surface area contributed by atoms with Crippen molar-refractivity contribution in [3.63, 3.8) is 0 Å². The number of fused-ring (bicyclic) bond motifs is 1. The highest BCUT2D eigenvalue weighted by Gasteiger charge is 2.50. The lowest BCUT2D eigenvalue weighted by molar-refractivity contribution is -0.137. The molecule has 0 spiro atoms. The van der Waals surface area contributed by atoms with Gasteiger partial charge in [-0.25, -0.2) is 28.6 Å². The van der Waals surface area contributed by atoms with Crippen LogP contribution in [0, 0.1) is 11.3 Å². The first-order chi connectivity index (χ1) is 33.9. The third kappa shape index (κ3) is 24.5. The molecule has 0 aliphatic carbocycles. The molecule has 3 heterocycles. The first-order valence-electron chi connectivity index (χ1n) is 25.0. The van der Waals surface area contributed by atoms with Gasteiger partial charge in [0, 0.05) is 37.1 Å². The van der Waals surface area contributed by atoms with Gasteiger partial charge in [0.2, 0.25) is 11.8 Å². The molecule has 1 aliphatic rings. The number of phosphoric ester groups is 3. The number of unbranched alkanes of at least 4 members (excludes halogenated alkanes) is 14. The van der Waals surface area contributed by atoms with E-state index in [9.17, 15) is 57.9 Å². The number of hydrogen-bond acceptors (Lipinski definition) is 18. The van der Waals surface area contributed by atoms with E-state index in [0.29, 0.717) is 12.2 Å². The summed E-state index contributed by atoms with van der Waals surface area (Å²) in [7, 11) is -16.4. The minimum absolute atomic E-state index is 0.0343. The largest absolute Gasteiger partial charge is 0.481 e. The number of aromatic nitrogens is 4. The summed E-state index contributed by atoms with van der Waals surface area (Å²) in [6, 6.07) is 0. The molecular formula is C44H80N7O17P3S. The van der Waals surface area contributed by atoms with E-state index in [1.165, 1.54) is 110 Å². The van der Waals surface area contributed by atoms with Gasteiger partial charge in [0.25, 0.3) is 0 Å². The average Bonchev–Trinajstić information content (AvgIpc) is 3.87. The first-order valence-corrected chi connectivity index (χ1v) is 30.5. The molecule has 0 bridgehead atoms. The van der Waals surface area contributed by atoms with Crippen LogP contribution in [0.5, 0.6) is 0 Å². The fourth-order valence-corrected chi connectivity index (χ4v) is 11.6. The van der Waals surface area contributed by atoms with E-state index in [1.807, 2.05) is 0 Å². The minimum Gasteiger partial charge on any atom is -0.386 e. The van der Waals surface area contributed by atoms with E-state index in [0.717, 1.165) is 54.2 Å². The number of phosphoric acid groups is 3. The van der Waals surface area contributed by atoms with Crippen LogP contribution < -0.4 is 16.4 Å². The summed E-state index contributed by atoms with van der Waals surface area (Å²) >= 11 is 1.16. The summed E-state index contributed by atoms with van der Waals surface area (Å²) in [4.78, 5) is 88.6. The molecule has 0 radical (unpaired) electrons. The topological polar surface area (TPSA) is 364 Å².